The third-order valence-corrected chi connectivity index (χ3v) is 4.84. The van der Waals surface area contributed by atoms with Gasteiger partial charge in [0, 0.05) is 35.2 Å². The Morgan fingerprint density at radius 3 is 3.05 bits per heavy atom. The minimum atomic E-state index is -0.167. The van der Waals surface area contributed by atoms with E-state index in [-0.39, 0.29) is 11.2 Å². The summed E-state index contributed by atoms with van der Waals surface area (Å²) in [5.41, 5.74) is 2.08. The Balaban J connectivity index is 1.88. The molecule has 0 radical (unpaired) electrons. The average molecular weight is 311 g/mol. The van der Waals surface area contributed by atoms with Crippen molar-refractivity contribution in [1.29, 1.82) is 0 Å². The van der Waals surface area contributed by atoms with Crippen LogP contribution in [-0.4, -0.2) is 33.1 Å². The molecule has 0 aromatic carbocycles. The van der Waals surface area contributed by atoms with Crippen molar-refractivity contribution in [3.63, 3.8) is 0 Å². The summed E-state index contributed by atoms with van der Waals surface area (Å²) >= 11 is 3.33. The standard InChI is InChI=1S/C13H17N3O2S2/c1-9(4-12(17)18-3)19-7-11-8-20-13(15-11)10-5-14-16(2)6-10/h5-6,8-9H,4,7H2,1-3H3/t9-/m0/s1. The predicted molar refractivity (Wildman–Crippen MR) is 81.7 cm³/mol. The van der Waals surface area contributed by atoms with E-state index in [1.807, 2.05) is 26.4 Å². The Labute approximate surface area is 126 Å². The number of ether oxygens (including phenoxy) is 1. The number of methoxy groups -OCH3 is 1. The summed E-state index contributed by atoms with van der Waals surface area (Å²) in [4.78, 5) is 15.8. The highest BCUT2D eigenvalue weighted by Crippen LogP contribution is 2.26. The van der Waals surface area contributed by atoms with E-state index in [1.54, 1.807) is 27.8 Å². The number of hydrogen-bond acceptors (Lipinski definition) is 6. The first-order valence-electron chi connectivity index (χ1n) is 6.20. The van der Waals surface area contributed by atoms with Crippen molar-refractivity contribution in [2.45, 2.75) is 24.3 Å². The maximum atomic E-state index is 11.2. The van der Waals surface area contributed by atoms with Crippen LogP contribution in [0.5, 0.6) is 0 Å². The maximum Gasteiger partial charge on any atom is 0.306 e. The van der Waals surface area contributed by atoms with Crippen LogP contribution in [0.1, 0.15) is 19.0 Å². The van der Waals surface area contributed by atoms with Gasteiger partial charge < -0.3 is 4.74 Å². The summed E-state index contributed by atoms with van der Waals surface area (Å²) in [5.74, 6) is 0.633. The fourth-order valence-corrected chi connectivity index (χ4v) is 3.40. The second-order valence-electron chi connectivity index (χ2n) is 4.45. The summed E-state index contributed by atoms with van der Waals surface area (Å²) < 4.78 is 6.43. The maximum absolute atomic E-state index is 11.2. The lowest BCUT2D eigenvalue weighted by Gasteiger charge is -2.08. The topological polar surface area (TPSA) is 57.0 Å². The van der Waals surface area contributed by atoms with Crippen LogP contribution < -0.4 is 0 Å². The normalized spacial score (nSPS) is 12.3. The molecule has 0 aliphatic carbocycles. The Bertz CT molecular complexity index is 580. The highest BCUT2D eigenvalue weighted by atomic mass is 32.2. The molecule has 0 amide bonds. The van der Waals surface area contributed by atoms with Crippen LogP contribution >= 0.6 is 23.1 Å². The number of thioether (sulfide) groups is 1. The van der Waals surface area contributed by atoms with Gasteiger partial charge in [0.15, 0.2) is 0 Å². The lowest BCUT2D eigenvalue weighted by Crippen LogP contribution is -2.08. The second kappa shape index (κ2) is 6.90. The molecular weight excluding hydrogens is 294 g/mol. The zero-order valence-electron chi connectivity index (χ0n) is 11.7. The predicted octanol–water partition coefficient (Wildman–Crippen LogP) is 2.73. The number of esters is 1. The summed E-state index contributed by atoms with van der Waals surface area (Å²) in [6, 6.07) is 0. The van der Waals surface area contributed by atoms with E-state index in [9.17, 15) is 4.79 Å². The van der Waals surface area contributed by atoms with Gasteiger partial charge in [0.2, 0.25) is 0 Å². The number of carbonyl (C=O) groups excluding carboxylic acids is 1. The summed E-state index contributed by atoms with van der Waals surface area (Å²) in [6.45, 7) is 2.02. The molecule has 2 aromatic heterocycles. The van der Waals surface area contributed by atoms with Gasteiger partial charge in [0.25, 0.3) is 0 Å². The molecule has 0 saturated carbocycles. The van der Waals surface area contributed by atoms with Gasteiger partial charge in [0.05, 0.1) is 25.4 Å². The molecule has 0 fully saturated rings. The van der Waals surface area contributed by atoms with Crippen molar-refractivity contribution in [2.24, 2.45) is 7.05 Å². The zero-order valence-corrected chi connectivity index (χ0v) is 13.3. The molecule has 0 bridgehead atoms. The molecule has 5 nitrogen and oxygen atoms in total. The molecule has 20 heavy (non-hydrogen) atoms. The van der Waals surface area contributed by atoms with Crippen molar-refractivity contribution in [3.8, 4) is 10.6 Å². The summed E-state index contributed by atoms with van der Waals surface area (Å²) in [7, 11) is 3.31. The second-order valence-corrected chi connectivity index (χ2v) is 6.73. The summed E-state index contributed by atoms with van der Waals surface area (Å²) in [6.07, 6.45) is 4.20. The van der Waals surface area contributed by atoms with Crippen LogP contribution in [0.3, 0.4) is 0 Å². The first-order valence-corrected chi connectivity index (χ1v) is 8.13. The molecule has 0 unspecified atom stereocenters. The van der Waals surface area contributed by atoms with E-state index >= 15 is 0 Å². The van der Waals surface area contributed by atoms with Crippen molar-refractivity contribution in [3.05, 3.63) is 23.5 Å². The van der Waals surface area contributed by atoms with E-state index in [0.717, 1.165) is 22.0 Å². The van der Waals surface area contributed by atoms with Crippen LogP contribution in [0, 0.1) is 0 Å². The number of carbonyl (C=O) groups is 1. The lowest BCUT2D eigenvalue weighted by molar-refractivity contribution is -0.140. The Morgan fingerprint density at radius 1 is 1.60 bits per heavy atom. The molecule has 2 heterocycles. The first-order chi connectivity index (χ1) is 9.58. The van der Waals surface area contributed by atoms with Gasteiger partial charge in [-0.2, -0.15) is 16.9 Å². The highest BCUT2D eigenvalue weighted by Gasteiger charge is 2.12. The van der Waals surface area contributed by atoms with Gasteiger partial charge in [0.1, 0.15) is 5.01 Å². The average Bonchev–Trinajstić information content (AvgIpc) is 3.04. The molecule has 7 heteroatoms. The van der Waals surface area contributed by atoms with E-state index in [1.165, 1.54) is 7.11 Å². The third-order valence-electron chi connectivity index (χ3n) is 2.70. The van der Waals surface area contributed by atoms with E-state index in [4.69, 9.17) is 0 Å². The number of hydrogen-bond donors (Lipinski definition) is 0. The third kappa shape index (κ3) is 4.08. The lowest BCUT2D eigenvalue weighted by atomic mass is 10.3. The van der Waals surface area contributed by atoms with Crippen LogP contribution in [0.15, 0.2) is 17.8 Å². The number of thiazole rings is 1. The van der Waals surface area contributed by atoms with Gasteiger partial charge in [-0.05, 0) is 0 Å². The number of nitrogens with zero attached hydrogens (tertiary/aromatic N) is 3. The van der Waals surface area contributed by atoms with E-state index in [0.29, 0.717) is 6.42 Å². The molecule has 2 rings (SSSR count). The van der Waals surface area contributed by atoms with E-state index < -0.39 is 0 Å². The molecule has 0 aliphatic rings. The van der Waals surface area contributed by atoms with Crippen LogP contribution in [0.4, 0.5) is 0 Å². The molecule has 0 N–H and O–H groups in total. The van der Waals surface area contributed by atoms with Crippen molar-refractivity contribution >= 4 is 29.1 Å². The van der Waals surface area contributed by atoms with Crippen LogP contribution in [0.2, 0.25) is 0 Å². The highest BCUT2D eigenvalue weighted by molar-refractivity contribution is 7.99. The van der Waals surface area contributed by atoms with Gasteiger partial charge in [-0.1, -0.05) is 6.92 Å². The monoisotopic (exact) mass is 311 g/mol. The Hall–Kier alpha value is -1.34. The zero-order chi connectivity index (χ0) is 14.5. The van der Waals surface area contributed by atoms with Gasteiger partial charge in [-0.3, -0.25) is 9.48 Å². The SMILES string of the molecule is COC(=O)C[C@H](C)SCc1csc(-c2cnn(C)c2)n1. The molecular formula is C13H17N3O2S2. The van der Waals surface area contributed by atoms with Crippen molar-refractivity contribution < 1.29 is 9.53 Å². The van der Waals surface area contributed by atoms with Crippen LogP contribution in [0.25, 0.3) is 10.6 Å². The van der Waals surface area contributed by atoms with Gasteiger partial charge >= 0.3 is 5.97 Å². The fraction of sp³-hybridized carbons (Fsp3) is 0.462. The van der Waals surface area contributed by atoms with Gasteiger partial charge in [-0.25, -0.2) is 4.98 Å². The number of aryl methyl sites for hydroxylation is 1. The first kappa shape index (κ1) is 15.1. The molecule has 2 aromatic rings. The Morgan fingerprint density at radius 2 is 2.40 bits per heavy atom. The largest absolute Gasteiger partial charge is 0.469 e. The molecule has 108 valence electrons. The fourth-order valence-electron chi connectivity index (χ4n) is 1.64. The number of aromatic nitrogens is 3. The smallest absolute Gasteiger partial charge is 0.306 e. The van der Waals surface area contributed by atoms with Crippen molar-refractivity contribution in [1.82, 2.24) is 14.8 Å². The minimum absolute atomic E-state index is 0.167. The molecule has 1 atom stereocenters. The van der Waals surface area contributed by atoms with Gasteiger partial charge in [-0.15, -0.1) is 11.3 Å². The van der Waals surface area contributed by atoms with Crippen molar-refractivity contribution in [2.75, 3.05) is 7.11 Å². The number of rotatable bonds is 6. The molecule has 0 spiro atoms. The minimum Gasteiger partial charge on any atom is -0.469 e. The van der Waals surface area contributed by atoms with Crippen LogP contribution in [-0.2, 0) is 22.3 Å². The molecule has 0 aliphatic heterocycles. The Kier molecular flexibility index (Phi) is 5.19. The van der Waals surface area contributed by atoms with E-state index in [2.05, 4.69) is 20.2 Å². The molecule has 0 saturated heterocycles. The summed E-state index contributed by atoms with van der Waals surface area (Å²) in [5, 5.41) is 7.41. The quantitative estimate of drug-likeness (QED) is 0.768.